The van der Waals surface area contributed by atoms with Crippen molar-refractivity contribution in [2.75, 3.05) is 14.2 Å². The zero-order chi connectivity index (χ0) is 16.9. The van der Waals surface area contributed by atoms with E-state index < -0.39 is 13.4 Å². The SMILES string of the molecule is COP(=O)(OC)C(N[C@@H](C)c1ccccc1)c1ccc(Cl)cc1. The Morgan fingerprint density at radius 2 is 1.52 bits per heavy atom. The van der Waals surface area contributed by atoms with Gasteiger partial charge in [-0.2, -0.15) is 0 Å². The number of hydrogen-bond acceptors (Lipinski definition) is 4. The largest absolute Gasteiger partial charge is 0.351 e. The van der Waals surface area contributed by atoms with Crippen molar-refractivity contribution in [1.82, 2.24) is 5.32 Å². The fourth-order valence-electron chi connectivity index (χ4n) is 2.38. The van der Waals surface area contributed by atoms with Crippen molar-refractivity contribution in [1.29, 1.82) is 0 Å². The maximum Gasteiger partial charge on any atom is 0.351 e. The molecule has 0 aromatic heterocycles. The van der Waals surface area contributed by atoms with E-state index in [1.807, 2.05) is 49.4 Å². The van der Waals surface area contributed by atoms with Crippen molar-refractivity contribution in [2.24, 2.45) is 0 Å². The fraction of sp³-hybridized carbons (Fsp3) is 0.294. The first kappa shape index (κ1) is 18.2. The number of hydrogen-bond donors (Lipinski definition) is 1. The molecule has 4 nitrogen and oxygen atoms in total. The Morgan fingerprint density at radius 3 is 2.04 bits per heavy atom. The fourth-order valence-corrected chi connectivity index (χ4v) is 4.02. The van der Waals surface area contributed by atoms with E-state index in [1.54, 1.807) is 12.1 Å². The Hall–Kier alpha value is -1.16. The quantitative estimate of drug-likeness (QED) is 0.697. The van der Waals surface area contributed by atoms with Crippen LogP contribution in [0.15, 0.2) is 54.6 Å². The molecule has 0 saturated carbocycles. The summed E-state index contributed by atoms with van der Waals surface area (Å²) in [7, 11) is -0.575. The molecule has 0 radical (unpaired) electrons. The van der Waals surface area contributed by atoms with Crippen LogP contribution < -0.4 is 5.32 Å². The van der Waals surface area contributed by atoms with Gasteiger partial charge in [-0.25, -0.2) is 0 Å². The molecule has 6 heteroatoms. The monoisotopic (exact) mass is 353 g/mol. The lowest BCUT2D eigenvalue weighted by Crippen LogP contribution is -2.25. The summed E-state index contributed by atoms with van der Waals surface area (Å²) in [4.78, 5) is 0. The van der Waals surface area contributed by atoms with Crippen LogP contribution in [-0.4, -0.2) is 14.2 Å². The number of benzene rings is 2. The molecule has 124 valence electrons. The van der Waals surface area contributed by atoms with Crippen LogP contribution >= 0.6 is 19.2 Å². The summed E-state index contributed by atoms with van der Waals surface area (Å²) >= 11 is 5.95. The van der Waals surface area contributed by atoms with Crippen LogP contribution in [0.4, 0.5) is 0 Å². The van der Waals surface area contributed by atoms with Crippen LogP contribution in [0.25, 0.3) is 0 Å². The normalized spacial score (nSPS) is 14.4. The van der Waals surface area contributed by atoms with Crippen molar-refractivity contribution < 1.29 is 13.6 Å². The highest BCUT2D eigenvalue weighted by Gasteiger charge is 2.36. The predicted octanol–water partition coefficient (Wildman–Crippen LogP) is 5.18. The summed E-state index contributed by atoms with van der Waals surface area (Å²) in [5.74, 6) is -0.593. The average Bonchev–Trinajstić information content (AvgIpc) is 2.60. The Morgan fingerprint density at radius 1 is 0.957 bits per heavy atom. The molecule has 0 bridgehead atoms. The van der Waals surface area contributed by atoms with E-state index in [0.29, 0.717) is 5.02 Å². The van der Waals surface area contributed by atoms with Gasteiger partial charge in [0.05, 0.1) is 0 Å². The molecule has 0 saturated heterocycles. The minimum absolute atomic E-state index is 0.0319. The Bertz CT molecular complexity index is 655. The third kappa shape index (κ3) is 4.43. The molecule has 2 aromatic rings. The van der Waals surface area contributed by atoms with E-state index in [2.05, 4.69) is 5.32 Å². The van der Waals surface area contributed by atoms with Crippen molar-refractivity contribution >= 4 is 19.2 Å². The highest BCUT2D eigenvalue weighted by Crippen LogP contribution is 2.59. The topological polar surface area (TPSA) is 47.6 Å². The molecule has 0 aliphatic carbocycles. The molecule has 2 atom stereocenters. The minimum atomic E-state index is -3.36. The molecule has 0 fully saturated rings. The van der Waals surface area contributed by atoms with Gasteiger partial charge in [0, 0.05) is 25.3 Å². The lowest BCUT2D eigenvalue weighted by Gasteiger charge is -2.28. The van der Waals surface area contributed by atoms with Gasteiger partial charge < -0.3 is 9.05 Å². The first-order valence-electron chi connectivity index (χ1n) is 7.28. The molecular formula is C17H21ClNO3P. The molecule has 23 heavy (non-hydrogen) atoms. The van der Waals surface area contributed by atoms with Crippen molar-refractivity contribution in [3.8, 4) is 0 Å². The van der Waals surface area contributed by atoms with Crippen molar-refractivity contribution in [3.63, 3.8) is 0 Å². The van der Waals surface area contributed by atoms with Gasteiger partial charge in [-0.3, -0.25) is 9.88 Å². The molecule has 2 aromatic carbocycles. The van der Waals surface area contributed by atoms with Gasteiger partial charge in [0.2, 0.25) is 0 Å². The van der Waals surface area contributed by atoms with Crippen LogP contribution in [-0.2, 0) is 13.6 Å². The maximum atomic E-state index is 13.0. The highest BCUT2D eigenvalue weighted by molar-refractivity contribution is 7.54. The van der Waals surface area contributed by atoms with Crippen LogP contribution in [0.3, 0.4) is 0 Å². The highest BCUT2D eigenvalue weighted by atomic mass is 35.5. The van der Waals surface area contributed by atoms with Crippen molar-refractivity contribution in [3.05, 3.63) is 70.7 Å². The van der Waals surface area contributed by atoms with Gasteiger partial charge in [-0.15, -0.1) is 0 Å². The zero-order valence-corrected chi connectivity index (χ0v) is 15.1. The summed E-state index contributed by atoms with van der Waals surface area (Å²) in [5.41, 5.74) is 1.88. The summed E-state index contributed by atoms with van der Waals surface area (Å²) in [6.45, 7) is 2.01. The Kier molecular flexibility index (Phi) is 6.40. The van der Waals surface area contributed by atoms with Crippen LogP contribution in [0, 0.1) is 0 Å². The van der Waals surface area contributed by atoms with Gasteiger partial charge in [0.25, 0.3) is 0 Å². The third-order valence-corrected chi connectivity index (χ3v) is 6.07. The minimum Gasteiger partial charge on any atom is -0.311 e. The van der Waals surface area contributed by atoms with Gasteiger partial charge >= 0.3 is 7.60 Å². The standard InChI is InChI=1S/C17H21ClNO3P/c1-13(14-7-5-4-6-8-14)19-17(23(20,21-2)22-3)15-9-11-16(18)12-10-15/h4-13,17,19H,1-3H3/t13-,17?/m0/s1. The van der Waals surface area contributed by atoms with Gasteiger partial charge in [-0.1, -0.05) is 54.1 Å². The molecule has 0 aliphatic heterocycles. The number of halogens is 1. The van der Waals surface area contributed by atoms with E-state index in [1.165, 1.54) is 14.2 Å². The maximum absolute atomic E-state index is 13.0. The molecule has 1 N–H and O–H groups in total. The van der Waals surface area contributed by atoms with E-state index >= 15 is 0 Å². The van der Waals surface area contributed by atoms with Crippen LogP contribution in [0.1, 0.15) is 29.9 Å². The zero-order valence-electron chi connectivity index (χ0n) is 13.4. The van der Waals surface area contributed by atoms with E-state index in [-0.39, 0.29) is 6.04 Å². The lowest BCUT2D eigenvalue weighted by atomic mass is 10.1. The summed E-state index contributed by atoms with van der Waals surface area (Å²) in [6, 6.07) is 17.1. The third-order valence-electron chi connectivity index (χ3n) is 3.72. The first-order valence-corrected chi connectivity index (χ1v) is 9.27. The molecule has 1 unspecified atom stereocenters. The molecule has 0 spiro atoms. The Balaban J connectivity index is 2.34. The van der Waals surface area contributed by atoms with Crippen molar-refractivity contribution in [2.45, 2.75) is 18.7 Å². The first-order chi connectivity index (χ1) is 11.0. The van der Waals surface area contributed by atoms with Gasteiger partial charge in [0.1, 0.15) is 5.78 Å². The second-order valence-electron chi connectivity index (χ2n) is 5.16. The molecular weight excluding hydrogens is 333 g/mol. The molecule has 0 amide bonds. The van der Waals surface area contributed by atoms with E-state index in [0.717, 1.165) is 11.1 Å². The molecule has 2 rings (SSSR count). The lowest BCUT2D eigenvalue weighted by molar-refractivity contribution is 0.256. The number of rotatable bonds is 7. The molecule has 0 aliphatic rings. The van der Waals surface area contributed by atoms with Crippen LogP contribution in [0.5, 0.6) is 0 Å². The second kappa shape index (κ2) is 8.09. The summed E-state index contributed by atoms with van der Waals surface area (Å²) in [5, 5.41) is 3.97. The van der Waals surface area contributed by atoms with E-state index in [9.17, 15) is 4.57 Å². The summed E-state index contributed by atoms with van der Waals surface area (Å²) in [6.07, 6.45) is 0. The smallest absolute Gasteiger partial charge is 0.311 e. The number of nitrogens with one attached hydrogen (secondary N) is 1. The predicted molar refractivity (Wildman–Crippen MR) is 93.8 cm³/mol. The van der Waals surface area contributed by atoms with Gasteiger partial charge in [-0.05, 0) is 30.2 Å². The molecule has 0 heterocycles. The van der Waals surface area contributed by atoms with Gasteiger partial charge in [0.15, 0.2) is 0 Å². The van der Waals surface area contributed by atoms with Crippen LogP contribution in [0.2, 0.25) is 5.02 Å². The Labute approximate surface area is 142 Å². The average molecular weight is 354 g/mol. The van der Waals surface area contributed by atoms with E-state index in [4.69, 9.17) is 20.6 Å². The second-order valence-corrected chi connectivity index (χ2v) is 7.92. The summed E-state index contributed by atoms with van der Waals surface area (Å²) < 4.78 is 23.4.